The zero-order valence-electron chi connectivity index (χ0n) is 12.6. The van der Waals surface area contributed by atoms with E-state index in [9.17, 15) is 4.79 Å². The zero-order chi connectivity index (χ0) is 16.9. The molecule has 0 saturated carbocycles. The van der Waals surface area contributed by atoms with Crippen molar-refractivity contribution in [2.75, 3.05) is 5.32 Å². The molecule has 0 spiro atoms. The standard InChI is InChI=1S/C16H12N4O2S2/c1-10(14(21)18-12-6-4-11(9-17)5-7-12)24-16-20-19-15(22-16)13-3-2-8-23-13/h2-8,10H,1H3,(H,18,21)/t10-/m1/s1. The molecule has 3 aromatic rings. The Morgan fingerprint density at radius 2 is 2.12 bits per heavy atom. The first-order chi connectivity index (χ1) is 11.7. The van der Waals surface area contributed by atoms with Gasteiger partial charge in [0.05, 0.1) is 21.8 Å². The minimum Gasteiger partial charge on any atom is -0.410 e. The molecule has 2 aromatic heterocycles. The Hall–Kier alpha value is -2.63. The van der Waals surface area contributed by atoms with E-state index in [1.165, 1.54) is 23.1 Å². The topological polar surface area (TPSA) is 91.8 Å². The maximum absolute atomic E-state index is 12.2. The van der Waals surface area contributed by atoms with Gasteiger partial charge in [-0.3, -0.25) is 4.79 Å². The number of nitriles is 1. The van der Waals surface area contributed by atoms with Crippen LogP contribution >= 0.6 is 23.1 Å². The van der Waals surface area contributed by atoms with Gasteiger partial charge in [0.2, 0.25) is 5.91 Å². The van der Waals surface area contributed by atoms with Gasteiger partial charge in [-0.1, -0.05) is 17.8 Å². The molecular formula is C16H12N4O2S2. The fourth-order valence-electron chi connectivity index (χ4n) is 1.83. The summed E-state index contributed by atoms with van der Waals surface area (Å²) in [6.07, 6.45) is 0. The summed E-state index contributed by atoms with van der Waals surface area (Å²) in [5.74, 6) is 0.271. The first-order valence-corrected chi connectivity index (χ1v) is 8.76. The lowest BCUT2D eigenvalue weighted by molar-refractivity contribution is -0.115. The molecule has 2 heterocycles. The van der Waals surface area contributed by atoms with Crippen molar-refractivity contribution in [1.82, 2.24) is 10.2 Å². The predicted molar refractivity (Wildman–Crippen MR) is 92.7 cm³/mol. The quantitative estimate of drug-likeness (QED) is 0.699. The summed E-state index contributed by atoms with van der Waals surface area (Å²) in [6.45, 7) is 1.76. The highest BCUT2D eigenvalue weighted by Gasteiger charge is 2.19. The molecule has 1 atom stereocenters. The number of hydrogen-bond donors (Lipinski definition) is 1. The van der Waals surface area contributed by atoms with Gasteiger partial charge in [0.1, 0.15) is 0 Å². The molecule has 8 heteroatoms. The third kappa shape index (κ3) is 3.82. The fourth-order valence-corrected chi connectivity index (χ4v) is 3.16. The average Bonchev–Trinajstić information content (AvgIpc) is 3.26. The summed E-state index contributed by atoms with van der Waals surface area (Å²) in [7, 11) is 0. The smallest absolute Gasteiger partial charge is 0.277 e. The molecule has 0 unspecified atom stereocenters. The number of amides is 1. The molecule has 0 saturated heterocycles. The molecular weight excluding hydrogens is 344 g/mol. The molecule has 0 fully saturated rings. The van der Waals surface area contributed by atoms with Gasteiger partial charge < -0.3 is 9.73 Å². The SMILES string of the molecule is C[C@@H](Sc1nnc(-c2cccs2)o1)C(=O)Nc1ccc(C#N)cc1. The number of benzene rings is 1. The molecule has 24 heavy (non-hydrogen) atoms. The van der Waals surface area contributed by atoms with Gasteiger partial charge in [0.15, 0.2) is 0 Å². The Bertz CT molecular complexity index is 866. The lowest BCUT2D eigenvalue weighted by Crippen LogP contribution is -2.22. The van der Waals surface area contributed by atoms with Crippen molar-refractivity contribution in [1.29, 1.82) is 5.26 Å². The Labute approximate surface area is 146 Å². The van der Waals surface area contributed by atoms with Crippen LogP contribution in [0.1, 0.15) is 12.5 Å². The summed E-state index contributed by atoms with van der Waals surface area (Å²) in [5, 5.41) is 21.4. The lowest BCUT2D eigenvalue weighted by atomic mass is 10.2. The number of nitrogens with one attached hydrogen (secondary N) is 1. The van der Waals surface area contributed by atoms with Crippen LogP contribution in [0.15, 0.2) is 51.4 Å². The largest absolute Gasteiger partial charge is 0.410 e. The first kappa shape index (κ1) is 16.2. The van der Waals surface area contributed by atoms with E-state index >= 15 is 0 Å². The third-order valence-electron chi connectivity index (χ3n) is 3.07. The second-order valence-corrected chi connectivity index (χ2v) is 7.03. The van der Waals surface area contributed by atoms with Crippen LogP contribution in [0.25, 0.3) is 10.8 Å². The number of nitrogens with zero attached hydrogens (tertiary/aromatic N) is 3. The number of aromatic nitrogens is 2. The number of carbonyl (C=O) groups is 1. The Balaban J connectivity index is 1.60. The van der Waals surface area contributed by atoms with E-state index in [0.29, 0.717) is 22.4 Å². The van der Waals surface area contributed by atoms with Gasteiger partial charge in [0.25, 0.3) is 11.1 Å². The van der Waals surface area contributed by atoms with Gasteiger partial charge in [-0.25, -0.2) is 0 Å². The van der Waals surface area contributed by atoms with Gasteiger partial charge in [-0.05, 0) is 42.6 Å². The molecule has 6 nitrogen and oxygen atoms in total. The number of carbonyl (C=O) groups excluding carboxylic acids is 1. The minimum absolute atomic E-state index is 0.180. The van der Waals surface area contributed by atoms with Crippen LogP contribution in [-0.2, 0) is 4.79 Å². The molecule has 3 rings (SSSR count). The van der Waals surface area contributed by atoms with E-state index in [2.05, 4.69) is 15.5 Å². The molecule has 1 amide bonds. The summed E-state index contributed by atoms with van der Waals surface area (Å²) < 4.78 is 5.56. The van der Waals surface area contributed by atoms with Crippen LogP contribution in [0.2, 0.25) is 0 Å². The highest BCUT2D eigenvalue weighted by molar-refractivity contribution is 8.00. The van der Waals surface area contributed by atoms with Crippen molar-refractivity contribution in [3.8, 4) is 16.8 Å². The summed E-state index contributed by atoms with van der Waals surface area (Å²) >= 11 is 2.71. The first-order valence-electron chi connectivity index (χ1n) is 7.01. The fraction of sp³-hybridized carbons (Fsp3) is 0.125. The van der Waals surface area contributed by atoms with E-state index in [-0.39, 0.29) is 5.91 Å². The second-order valence-electron chi connectivity index (χ2n) is 4.79. The van der Waals surface area contributed by atoms with Gasteiger partial charge >= 0.3 is 0 Å². The average molecular weight is 356 g/mol. The highest BCUT2D eigenvalue weighted by atomic mass is 32.2. The predicted octanol–water partition coefficient (Wildman–Crippen LogP) is 3.79. The van der Waals surface area contributed by atoms with Crippen LogP contribution in [0.3, 0.4) is 0 Å². The molecule has 0 aliphatic carbocycles. The van der Waals surface area contributed by atoms with Crippen LogP contribution < -0.4 is 5.32 Å². The van der Waals surface area contributed by atoms with E-state index in [0.717, 1.165) is 4.88 Å². The van der Waals surface area contributed by atoms with Gasteiger partial charge in [0, 0.05) is 5.69 Å². The normalized spacial score (nSPS) is 11.7. The Morgan fingerprint density at radius 1 is 1.33 bits per heavy atom. The third-order valence-corrected chi connectivity index (χ3v) is 4.86. The molecule has 0 aliphatic rings. The number of hydrogen-bond acceptors (Lipinski definition) is 7. The Morgan fingerprint density at radius 3 is 2.79 bits per heavy atom. The summed E-state index contributed by atoms with van der Waals surface area (Å²) in [6, 6.07) is 12.5. The molecule has 120 valence electrons. The highest BCUT2D eigenvalue weighted by Crippen LogP contribution is 2.28. The van der Waals surface area contributed by atoms with Gasteiger partial charge in [-0.2, -0.15) is 5.26 Å². The van der Waals surface area contributed by atoms with Crippen molar-refractivity contribution in [2.24, 2.45) is 0 Å². The molecule has 0 bridgehead atoms. The zero-order valence-corrected chi connectivity index (χ0v) is 14.2. The van der Waals surface area contributed by atoms with E-state index < -0.39 is 5.25 Å². The molecule has 0 aliphatic heterocycles. The number of thioether (sulfide) groups is 1. The number of thiophene rings is 1. The van der Waals surface area contributed by atoms with Crippen LogP contribution in [0.5, 0.6) is 0 Å². The molecule has 0 radical (unpaired) electrons. The minimum atomic E-state index is -0.405. The Kier molecular flexibility index (Phi) is 4.93. The maximum atomic E-state index is 12.2. The van der Waals surface area contributed by atoms with Crippen molar-refractivity contribution in [3.05, 3.63) is 47.3 Å². The van der Waals surface area contributed by atoms with Crippen LogP contribution in [0.4, 0.5) is 5.69 Å². The van der Waals surface area contributed by atoms with Crippen molar-refractivity contribution < 1.29 is 9.21 Å². The lowest BCUT2D eigenvalue weighted by Gasteiger charge is -2.09. The van der Waals surface area contributed by atoms with Crippen molar-refractivity contribution in [3.63, 3.8) is 0 Å². The number of anilines is 1. The number of rotatable bonds is 5. The van der Waals surface area contributed by atoms with E-state index in [1.807, 2.05) is 23.6 Å². The second kappa shape index (κ2) is 7.29. The molecule has 1 N–H and O–H groups in total. The van der Waals surface area contributed by atoms with E-state index in [4.69, 9.17) is 9.68 Å². The van der Waals surface area contributed by atoms with Gasteiger partial charge in [-0.15, -0.1) is 21.5 Å². The maximum Gasteiger partial charge on any atom is 0.277 e. The van der Waals surface area contributed by atoms with Crippen LogP contribution in [0, 0.1) is 11.3 Å². The van der Waals surface area contributed by atoms with Crippen molar-refractivity contribution in [2.45, 2.75) is 17.4 Å². The summed E-state index contributed by atoms with van der Waals surface area (Å²) in [5.41, 5.74) is 1.18. The summed E-state index contributed by atoms with van der Waals surface area (Å²) in [4.78, 5) is 13.1. The molecule has 1 aromatic carbocycles. The van der Waals surface area contributed by atoms with Crippen LogP contribution in [-0.4, -0.2) is 21.4 Å². The van der Waals surface area contributed by atoms with Crippen molar-refractivity contribution >= 4 is 34.7 Å². The monoisotopic (exact) mass is 356 g/mol. The van der Waals surface area contributed by atoms with E-state index in [1.54, 1.807) is 31.2 Å².